The molecule has 2 aromatic rings. The zero-order valence-electron chi connectivity index (χ0n) is 15.7. The fourth-order valence-corrected chi connectivity index (χ4v) is 3.35. The lowest BCUT2D eigenvalue weighted by atomic mass is 10.0. The molecule has 28 heavy (non-hydrogen) atoms. The lowest BCUT2D eigenvalue weighted by molar-refractivity contribution is 0.0650. The Bertz CT molecular complexity index is 988. The van der Waals surface area contributed by atoms with Gasteiger partial charge in [0, 0.05) is 24.2 Å². The lowest BCUT2D eigenvalue weighted by Crippen LogP contribution is -2.38. The molecule has 1 N–H and O–H groups in total. The number of amides is 3. The van der Waals surface area contributed by atoms with Gasteiger partial charge in [-0.15, -0.1) is 0 Å². The normalized spacial score (nSPS) is 16.4. The zero-order valence-corrected chi connectivity index (χ0v) is 15.7. The van der Waals surface area contributed by atoms with E-state index >= 15 is 0 Å². The molecule has 4 rings (SSSR count). The minimum absolute atomic E-state index is 0.125. The molecule has 0 radical (unpaired) electrons. The summed E-state index contributed by atoms with van der Waals surface area (Å²) in [6, 6.07) is 12.0. The molecule has 6 nitrogen and oxygen atoms in total. The van der Waals surface area contributed by atoms with Crippen LogP contribution >= 0.6 is 0 Å². The highest BCUT2D eigenvalue weighted by molar-refractivity contribution is 6.21. The highest BCUT2D eigenvalue weighted by atomic mass is 16.5. The van der Waals surface area contributed by atoms with Gasteiger partial charge in [-0.1, -0.05) is 18.2 Å². The van der Waals surface area contributed by atoms with E-state index in [0.29, 0.717) is 16.7 Å². The average Bonchev–Trinajstić information content (AvgIpc) is 2.92. The number of imide groups is 1. The summed E-state index contributed by atoms with van der Waals surface area (Å²) < 4.78 is 5.86. The van der Waals surface area contributed by atoms with Crippen LogP contribution in [0, 0.1) is 0 Å². The van der Waals surface area contributed by atoms with E-state index in [2.05, 4.69) is 5.32 Å². The summed E-state index contributed by atoms with van der Waals surface area (Å²) in [5.41, 5.74) is 1.77. The Hall–Kier alpha value is -3.41. The van der Waals surface area contributed by atoms with Gasteiger partial charge in [-0.2, -0.15) is 0 Å². The maximum absolute atomic E-state index is 12.4. The molecule has 0 aliphatic carbocycles. The van der Waals surface area contributed by atoms with Crippen molar-refractivity contribution in [3.63, 3.8) is 0 Å². The van der Waals surface area contributed by atoms with E-state index in [1.807, 2.05) is 26.0 Å². The second kappa shape index (κ2) is 6.64. The van der Waals surface area contributed by atoms with E-state index in [0.717, 1.165) is 16.2 Å². The van der Waals surface area contributed by atoms with Gasteiger partial charge < -0.3 is 10.1 Å². The number of hydrogen-bond acceptors (Lipinski definition) is 4. The van der Waals surface area contributed by atoms with E-state index in [1.54, 1.807) is 42.5 Å². The Balaban J connectivity index is 1.38. The fraction of sp³-hybridized carbons (Fsp3) is 0.227. The molecule has 0 aromatic heterocycles. The Kier molecular flexibility index (Phi) is 4.26. The summed E-state index contributed by atoms with van der Waals surface area (Å²) in [6.45, 7) is 4.24. The molecular weight excluding hydrogens is 356 g/mol. The van der Waals surface area contributed by atoms with Gasteiger partial charge in [0.1, 0.15) is 11.4 Å². The van der Waals surface area contributed by atoms with Crippen LogP contribution in [0.4, 0.5) is 0 Å². The molecule has 0 spiro atoms. The van der Waals surface area contributed by atoms with Crippen LogP contribution in [-0.4, -0.2) is 41.3 Å². The number of ether oxygens (including phenoxy) is 1. The Labute approximate surface area is 162 Å². The van der Waals surface area contributed by atoms with Crippen molar-refractivity contribution in [3.8, 4) is 5.75 Å². The maximum Gasteiger partial charge on any atom is 0.261 e. The standard InChI is InChI=1S/C22H20N2O4/c1-22(2)10-9-14-13-15(7-8-18(14)28-22)19(25)23-11-12-24-20(26)16-5-3-4-6-17(16)21(24)27/h3-10,13H,11-12H2,1-2H3,(H,23,25). The van der Waals surface area contributed by atoms with Crippen LogP contribution in [0.25, 0.3) is 6.08 Å². The second-order valence-electron chi connectivity index (χ2n) is 7.35. The summed E-state index contributed by atoms with van der Waals surface area (Å²) in [6.07, 6.45) is 3.88. The van der Waals surface area contributed by atoms with E-state index in [4.69, 9.17) is 4.74 Å². The van der Waals surface area contributed by atoms with Crippen LogP contribution in [-0.2, 0) is 0 Å². The Morgan fingerprint density at radius 3 is 2.43 bits per heavy atom. The fourth-order valence-electron chi connectivity index (χ4n) is 3.35. The first-order chi connectivity index (χ1) is 13.4. The predicted molar refractivity (Wildman–Crippen MR) is 104 cm³/mol. The van der Waals surface area contributed by atoms with Crippen molar-refractivity contribution in [1.29, 1.82) is 0 Å². The van der Waals surface area contributed by atoms with E-state index < -0.39 is 0 Å². The second-order valence-corrected chi connectivity index (χ2v) is 7.35. The summed E-state index contributed by atoms with van der Waals surface area (Å²) in [5.74, 6) is -0.185. The number of carbonyl (C=O) groups is 3. The van der Waals surface area contributed by atoms with E-state index in [-0.39, 0.29) is 36.4 Å². The third-order valence-electron chi connectivity index (χ3n) is 4.81. The van der Waals surface area contributed by atoms with E-state index in [1.165, 1.54) is 0 Å². The highest BCUT2D eigenvalue weighted by Crippen LogP contribution is 2.31. The number of nitrogens with one attached hydrogen (secondary N) is 1. The van der Waals surface area contributed by atoms with Crippen molar-refractivity contribution < 1.29 is 19.1 Å². The summed E-state index contributed by atoms with van der Waals surface area (Å²) >= 11 is 0. The molecule has 0 bridgehead atoms. The average molecular weight is 376 g/mol. The molecule has 6 heteroatoms. The highest BCUT2D eigenvalue weighted by Gasteiger charge is 2.34. The number of rotatable bonds is 4. The molecule has 2 heterocycles. The minimum atomic E-state index is -0.372. The van der Waals surface area contributed by atoms with Gasteiger partial charge in [0.05, 0.1) is 11.1 Å². The van der Waals surface area contributed by atoms with Gasteiger partial charge in [-0.3, -0.25) is 19.3 Å². The van der Waals surface area contributed by atoms with Crippen LogP contribution in [0.2, 0.25) is 0 Å². The molecule has 0 unspecified atom stereocenters. The van der Waals surface area contributed by atoms with Crippen LogP contribution in [0.3, 0.4) is 0 Å². The number of hydrogen-bond donors (Lipinski definition) is 1. The first-order valence-corrected chi connectivity index (χ1v) is 9.11. The lowest BCUT2D eigenvalue weighted by Gasteiger charge is -2.27. The maximum atomic E-state index is 12.4. The van der Waals surface area contributed by atoms with Crippen molar-refractivity contribution in [3.05, 3.63) is 70.8 Å². The van der Waals surface area contributed by atoms with Crippen molar-refractivity contribution in [2.24, 2.45) is 0 Å². The Morgan fingerprint density at radius 1 is 1.07 bits per heavy atom. The molecule has 3 amide bonds. The quantitative estimate of drug-likeness (QED) is 0.833. The monoisotopic (exact) mass is 376 g/mol. The SMILES string of the molecule is CC1(C)C=Cc2cc(C(=O)NCCN3C(=O)c4ccccc4C3=O)ccc2O1. The number of fused-ring (bicyclic) bond motifs is 2. The molecule has 2 aliphatic rings. The van der Waals surface area contributed by atoms with Crippen LogP contribution in [0.5, 0.6) is 5.75 Å². The largest absolute Gasteiger partial charge is 0.483 e. The number of carbonyl (C=O) groups excluding carboxylic acids is 3. The summed E-state index contributed by atoms with van der Waals surface area (Å²) in [4.78, 5) is 38.3. The molecule has 2 aliphatic heterocycles. The summed E-state index contributed by atoms with van der Waals surface area (Å²) in [5, 5.41) is 2.77. The van der Waals surface area contributed by atoms with Crippen molar-refractivity contribution in [2.75, 3.05) is 13.1 Å². The van der Waals surface area contributed by atoms with Gasteiger partial charge in [-0.25, -0.2) is 0 Å². The molecule has 0 atom stereocenters. The molecule has 2 aromatic carbocycles. The molecule has 0 saturated carbocycles. The smallest absolute Gasteiger partial charge is 0.261 e. The number of nitrogens with zero attached hydrogens (tertiary/aromatic N) is 1. The third-order valence-corrected chi connectivity index (χ3v) is 4.81. The molecule has 0 saturated heterocycles. The van der Waals surface area contributed by atoms with Gasteiger partial charge in [-0.05, 0) is 50.3 Å². The van der Waals surface area contributed by atoms with E-state index in [9.17, 15) is 14.4 Å². The van der Waals surface area contributed by atoms with Crippen LogP contribution in [0.1, 0.15) is 50.5 Å². The van der Waals surface area contributed by atoms with Gasteiger partial charge in [0.2, 0.25) is 0 Å². The topological polar surface area (TPSA) is 75.7 Å². The van der Waals surface area contributed by atoms with Crippen molar-refractivity contribution in [2.45, 2.75) is 19.4 Å². The van der Waals surface area contributed by atoms with Crippen LogP contribution < -0.4 is 10.1 Å². The van der Waals surface area contributed by atoms with Crippen molar-refractivity contribution >= 4 is 23.8 Å². The Morgan fingerprint density at radius 2 is 1.75 bits per heavy atom. The molecule has 142 valence electrons. The predicted octanol–water partition coefficient (Wildman–Crippen LogP) is 2.90. The molecule has 0 fully saturated rings. The van der Waals surface area contributed by atoms with Crippen LogP contribution in [0.15, 0.2) is 48.5 Å². The minimum Gasteiger partial charge on any atom is -0.483 e. The van der Waals surface area contributed by atoms with Gasteiger partial charge >= 0.3 is 0 Å². The van der Waals surface area contributed by atoms with Crippen molar-refractivity contribution in [1.82, 2.24) is 10.2 Å². The first-order valence-electron chi connectivity index (χ1n) is 9.11. The van der Waals surface area contributed by atoms with Gasteiger partial charge in [0.25, 0.3) is 17.7 Å². The first kappa shape index (κ1) is 18.0. The molecular formula is C22H20N2O4. The zero-order chi connectivity index (χ0) is 19.9. The summed E-state index contributed by atoms with van der Waals surface area (Å²) in [7, 11) is 0. The number of benzene rings is 2. The van der Waals surface area contributed by atoms with Gasteiger partial charge in [0.15, 0.2) is 0 Å². The third kappa shape index (κ3) is 3.17.